The van der Waals surface area contributed by atoms with Crippen LogP contribution in [0.5, 0.6) is 17.2 Å². The summed E-state index contributed by atoms with van der Waals surface area (Å²) in [4.78, 5) is 29.6. The van der Waals surface area contributed by atoms with Crippen LogP contribution in [0.1, 0.15) is 31.9 Å². The molecule has 2 amide bonds. The Morgan fingerprint density at radius 1 is 0.837 bits per heavy atom. The molecule has 0 fully saturated rings. The number of nitrogens with one attached hydrogen (secondary N) is 1. The zero-order chi connectivity index (χ0) is 31.8. The minimum absolute atomic E-state index is 0.0302. The highest BCUT2D eigenvalue weighted by Crippen LogP contribution is 2.34. The molecule has 0 radical (unpaired) electrons. The van der Waals surface area contributed by atoms with E-state index in [1.165, 1.54) is 25.2 Å². The number of ether oxygens (including phenoxy) is 3. The van der Waals surface area contributed by atoms with Crippen molar-refractivity contribution in [1.29, 1.82) is 0 Å². The Morgan fingerprint density at radius 2 is 1.47 bits per heavy atom. The fourth-order valence-electron chi connectivity index (χ4n) is 4.56. The van der Waals surface area contributed by atoms with Gasteiger partial charge in [0.25, 0.3) is 0 Å². The molecule has 1 N–H and O–H groups in total. The minimum atomic E-state index is -3.97. The Labute approximate surface area is 254 Å². The van der Waals surface area contributed by atoms with Gasteiger partial charge in [-0.15, -0.1) is 0 Å². The van der Waals surface area contributed by atoms with Gasteiger partial charge in [-0.1, -0.05) is 42.5 Å². The van der Waals surface area contributed by atoms with Crippen molar-refractivity contribution >= 4 is 27.5 Å². The van der Waals surface area contributed by atoms with E-state index in [9.17, 15) is 18.0 Å². The van der Waals surface area contributed by atoms with E-state index in [0.29, 0.717) is 17.1 Å². The Hall–Kier alpha value is -4.25. The van der Waals surface area contributed by atoms with Crippen LogP contribution >= 0.6 is 0 Å². The summed E-state index contributed by atoms with van der Waals surface area (Å²) in [5, 5.41) is 3.01. The summed E-state index contributed by atoms with van der Waals surface area (Å²) in [5.74, 6) is 0.325. The van der Waals surface area contributed by atoms with Crippen molar-refractivity contribution in [2.24, 2.45) is 0 Å². The van der Waals surface area contributed by atoms with Crippen LogP contribution in [0.3, 0.4) is 0 Å². The molecule has 11 heteroatoms. The number of nitrogens with zero attached hydrogens (tertiary/aromatic N) is 2. The Kier molecular flexibility index (Phi) is 11.0. The van der Waals surface area contributed by atoms with Crippen LogP contribution in [0, 0.1) is 0 Å². The molecule has 1 unspecified atom stereocenters. The number of rotatable bonds is 13. The van der Waals surface area contributed by atoms with Gasteiger partial charge in [0.1, 0.15) is 29.8 Å². The van der Waals surface area contributed by atoms with Crippen molar-refractivity contribution in [3.63, 3.8) is 0 Å². The molecular formula is C32H41N3O7S. The molecule has 0 bridgehead atoms. The molecule has 0 aliphatic rings. The maximum atomic E-state index is 14.3. The van der Waals surface area contributed by atoms with Gasteiger partial charge in [0.15, 0.2) is 0 Å². The van der Waals surface area contributed by atoms with Crippen molar-refractivity contribution in [3.8, 4) is 17.2 Å². The van der Waals surface area contributed by atoms with Gasteiger partial charge in [0.05, 0.1) is 33.3 Å². The second-order valence-corrected chi connectivity index (χ2v) is 13.0. The van der Waals surface area contributed by atoms with Crippen LogP contribution in [0.2, 0.25) is 0 Å². The van der Waals surface area contributed by atoms with Crippen molar-refractivity contribution in [2.75, 3.05) is 38.4 Å². The molecular weight excluding hydrogens is 570 g/mol. The molecule has 0 saturated carbocycles. The molecule has 10 nitrogen and oxygen atoms in total. The zero-order valence-electron chi connectivity index (χ0n) is 25.8. The lowest BCUT2D eigenvalue weighted by molar-refractivity contribution is -0.140. The maximum absolute atomic E-state index is 14.3. The van der Waals surface area contributed by atoms with Gasteiger partial charge < -0.3 is 24.4 Å². The molecule has 3 aromatic carbocycles. The normalized spacial score (nSPS) is 12.2. The van der Waals surface area contributed by atoms with Crippen LogP contribution < -0.4 is 23.8 Å². The van der Waals surface area contributed by atoms with E-state index in [1.54, 1.807) is 37.4 Å². The standard InChI is InChI=1S/C32H41N3O7S/c1-32(2,3)33-31(37)28(19-23-12-9-8-10-13-23)34(21-24-14-11-15-25(18-24)40-4)30(36)22-35(43(7,38)39)27-17-16-26(41-5)20-29(27)42-6/h8-18,20,28H,19,21-22H2,1-7H3,(H,33,37). The number of anilines is 1. The van der Waals surface area contributed by atoms with Crippen LogP contribution in [0.4, 0.5) is 5.69 Å². The Balaban J connectivity index is 2.13. The summed E-state index contributed by atoms with van der Waals surface area (Å²) in [6.07, 6.45) is 1.23. The average Bonchev–Trinajstić information content (AvgIpc) is 2.96. The van der Waals surface area contributed by atoms with Crippen LogP contribution in [-0.2, 0) is 32.6 Å². The monoisotopic (exact) mass is 611 g/mol. The number of carbonyl (C=O) groups excluding carboxylic acids is 2. The lowest BCUT2D eigenvalue weighted by atomic mass is 10.0. The van der Waals surface area contributed by atoms with E-state index in [0.717, 1.165) is 16.1 Å². The summed E-state index contributed by atoms with van der Waals surface area (Å²) in [6, 6.07) is 20.2. The number of hydrogen-bond donors (Lipinski definition) is 1. The number of carbonyl (C=O) groups is 2. The van der Waals surface area contributed by atoms with Crippen molar-refractivity contribution in [2.45, 2.75) is 45.3 Å². The fourth-order valence-corrected chi connectivity index (χ4v) is 5.41. The molecule has 1 atom stereocenters. The van der Waals surface area contributed by atoms with Gasteiger partial charge in [0.2, 0.25) is 21.8 Å². The summed E-state index contributed by atoms with van der Waals surface area (Å²) in [6.45, 7) is 5.04. The topological polar surface area (TPSA) is 114 Å². The summed E-state index contributed by atoms with van der Waals surface area (Å²) >= 11 is 0. The van der Waals surface area contributed by atoms with Crippen LogP contribution in [0.25, 0.3) is 0 Å². The van der Waals surface area contributed by atoms with E-state index in [1.807, 2.05) is 57.2 Å². The molecule has 232 valence electrons. The minimum Gasteiger partial charge on any atom is -0.497 e. The van der Waals surface area contributed by atoms with E-state index in [2.05, 4.69) is 5.32 Å². The van der Waals surface area contributed by atoms with Crippen LogP contribution in [0.15, 0.2) is 72.8 Å². The highest BCUT2D eigenvalue weighted by Gasteiger charge is 2.35. The highest BCUT2D eigenvalue weighted by atomic mass is 32.2. The summed E-state index contributed by atoms with van der Waals surface area (Å²) in [7, 11) is 0.463. The van der Waals surface area contributed by atoms with E-state index >= 15 is 0 Å². The predicted molar refractivity (Wildman–Crippen MR) is 167 cm³/mol. The predicted octanol–water partition coefficient (Wildman–Crippen LogP) is 4.03. The molecule has 0 spiro atoms. The molecule has 3 rings (SSSR count). The third kappa shape index (κ3) is 9.37. The smallest absolute Gasteiger partial charge is 0.244 e. The molecule has 3 aromatic rings. The van der Waals surface area contributed by atoms with E-state index in [4.69, 9.17) is 14.2 Å². The second-order valence-electron chi connectivity index (χ2n) is 11.1. The summed E-state index contributed by atoms with van der Waals surface area (Å²) in [5.41, 5.74) is 1.14. The first-order valence-corrected chi connectivity index (χ1v) is 15.6. The first-order chi connectivity index (χ1) is 20.2. The third-order valence-corrected chi connectivity index (χ3v) is 7.72. The summed E-state index contributed by atoms with van der Waals surface area (Å²) < 4.78 is 43.3. The quantitative estimate of drug-likeness (QED) is 0.310. The zero-order valence-corrected chi connectivity index (χ0v) is 26.6. The van der Waals surface area contributed by atoms with Crippen molar-refractivity contribution < 1.29 is 32.2 Å². The highest BCUT2D eigenvalue weighted by molar-refractivity contribution is 7.92. The Morgan fingerprint density at radius 3 is 2.05 bits per heavy atom. The van der Waals surface area contributed by atoms with Crippen LogP contribution in [-0.4, -0.2) is 70.8 Å². The van der Waals surface area contributed by atoms with Gasteiger partial charge in [0, 0.05) is 24.6 Å². The fraction of sp³-hybridized carbons (Fsp3) is 0.375. The number of amides is 2. The molecule has 0 saturated heterocycles. The van der Waals surface area contributed by atoms with Crippen molar-refractivity contribution in [1.82, 2.24) is 10.2 Å². The lowest BCUT2D eigenvalue weighted by Gasteiger charge is -2.35. The van der Waals surface area contributed by atoms with Gasteiger partial charge in [-0.05, 0) is 56.2 Å². The molecule has 0 aromatic heterocycles. The number of benzene rings is 3. The van der Waals surface area contributed by atoms with Gasteiger partial charge in [-0.3, -0.25) is 13.9 Å². The van der Waals surface area contributed by atoms with Gasteiger partial charge in [-0.25, -0.2) is 8.42 Å². The van der Waals surface area contributed by atoms with E-state index < -0.39 is 34.1 Å². The number of hydrogen-bond acceptors (Lipinski definition) is 7. The average molecular weight is 612 g/mol. The number of methoxy groups -OCH3 is 3. The van der Waals surface area contributed by atoms with E-state index in [-0.39, 0.29) is 30.3 Å². The molecule has 0 aliphatic heterocycles. The molecule has 0 aliphatic carbocycles. The van der Waals surface area contributed by atoms with Gasteiger partial charge in [-0.2, -0.15) is 0 Å². The Bertz CT molecular complexity index is 1500. The SMILES string of the molecule is COc1cccc(CN(C(=O)CN(c2ccc(OC)cc2OC)S(C)(=O)=O)C(Cc2ccccc2)C(=O)NC(C)(C)C)c1. The maximum Gasteiger partial charge on any atom is 0.244 e. The van der Waals surface area contributed by atoms with Crippen molar-refractivity contribution in [3.05, 3.63) is 83.9 Å². The molecule has 0 heterocycles. The van der Waals surface area contributed by atoms with Gasteiger partial charge >= 0.3 is 0 Å². The third-order valence-electron chi connectivity index (χ3n) is 6.59. The molecule has 43 heavy (non-hydrogen) atoms. The number of sulfonamides is 1. The second kappa shape index (κ2) is 14.3. The lowest BCUT2D eigenvalue weighted by Crippen LogP contribution is -2.56. The first kappa shape index (κ1) is 33.3. The first-order valence-electron chi connectivity index (χ1n) is 13.7. The largest absolute Gasteiger partial charge is 0.497 e.